The van der Waals surface area contributed by atoms with E-state index in [9.17, 15) is 18.0 Å². The predicted molar refractivity (Wildman–Crippen MR) is 120 cm³/mol. The maximum Gasteiger partial charge on any atom is 0.328 e. The zero-order valence-corrected chi connectivity index (χ0v) is 19.2. The van der Waals surface area contributed by atoms with E-state index in [0.29, 0.717) is 17.8 Å². The van der Waals surface area contributed by atoms with Crippen molar-refractivity contribution in [3.63, 3.8) is 0 Å². The molecule has 2 aromatic carbocycles. The number of hydrogen-bond acceptors (Lipinski definition) is 5. The van der Waals surface area contributed by atoms with Crippen molar-refractivity contribution in [2.24, 2.45) is 5.92 Å². The molecule has 0 aliphatic carbocycles. The van der Waals surface area contributed by atoms with Crippen LogP contribution in [0.3, 0.4) is 0 Å². The summed E-state index contributed by atoms with van der Waals surface area (Å²) in [5.74, 6) is -0.689. The topological polar surface area (TPSA) is 92.8 Å². The summed E-state index contributed by atoms with van der Waals surface area (Å²) < 4.78 is 31.5. The van der Waals surface area contributed by atoms with Gasteiger partial charge in [0.05, 0.1) is 12.4 Å². The number of carbonyl (C=O) groups excluding carboxylic acids is 2. The number of carbonyl (C=O) groups is 2. The number of nitrogens with zero attached hydrogens (tertiary/aromatic N) is 1. The smallest absolute Gasteiger partial charge is 0.328 e. The molecule has 0 radical (unpaired) electrons. The molecule has 0 spiro atoms. The van der Waals surface area contributed by atoms with Crippen molar-refractivity contribution in [2.45, 2.75) is 45.5 Å². The largest absolute Gasteiger partial charge is 0.467 e. The van der Waals surface area contributed by atoms with Crippen molar-refractivity contribution >= 4 is 27.6 Å². The third-order valence-corrected chi connectivity index (χ3v) is 7.21. The molecule has 0 bridgehead atoms. The summed E-state index contributed by atoms with van der Waals surface area (Å²) in [5, 5.41) is -0.530. The molecule has 1 unspecified atom stereocenters. The summed E-state index contributed by atoms with van der Waals surface area (Å²) in [7, 11) is -2.08. The van der Waals surface area contributed by atoms with E-state index in [1.165, 1.54) is 7.11 Å². The van der Waals surface area contributed by atoms with Crippen molar-refractivity contribution in [1.29, 1.82) is 0 Å². The molecule has 2 aromatic rings. The fraction of sp³-hybridized carbons (Fsp3) is 0.391. The number of anilines is 1. The normalized spacial score (nSPS) is 14.7. The van der Waals surface area contributed by atoms with E-state index in [4.69, 9.17) is 4.74 Å². The Morgan fingerprint density at radius 2 is 1.65 bits per heavy atom. The molecule has 3 rings (SSSR count). The minimum atomic E-state index is -3.41. The lowest BCUT2D eigenvalue weighted by atomic mass is 10.0. The third-order valence-electron chi connectivity index (χ3n) is 5.45. The molecule has 0 saturated carbocycles. The van der Waals surface area contributed by atoms with Crippen LogP contribution >= 0.6 is 0 Å². The summed E-state index contributed by atoms with van der Waals surface area (Å²) in [6.45, 7) is 7.37. The van der Waals surface area contributed by atoms with Gasteiger partial charge in [0, 0.05) is 17.8 Å². The van der Waals surface area contributed by atoms with Crippen LogP contribution in [0.15, 0.2) is 42.5 Å². The molecule has 31 heavy (non-hydrogen) atoms. The van der Waals surface area contributed by atoms with Gasteiger partial charge in [-0.25, -0.2) is 13.2 Å². The summed E-state index contributed by atoms with van der Waals surface area (Å²) >= 11 is 0. The van der Waals surface area contributed by atoms with Crippen molar-refractivity contribution in [3.05, 3.63) is 53.6 Å². The van der Waals surface area contributed by atoms with E-state index < -0.39 is 27.3 Å². The number of rotatable bonds is 7. The second-order valence-corrected chi connectivity index (χ2v) is 10.5. The Bertz CT molecular complexity index is 1090. The molecule has 1 aliphatic heterocycles. The van der Waals surface area contributed by atoms with E-state index in [2.05, 4.69) is 4.72 Å². The summed E-state index contributed by atoms with van der Waals surface area (Å²) in [5.41, 5.74) is 3.61. The fourth-order valence-corrected chi connectivity index (χ4v) is 4.32. The zero-order valence-electron chi connectivity index (χ0n) is 18.4. The van der Waals surface area contributed by atoms with Gasteiger partial charge in [-0.1, -0.05) is 38.1 Å². The molecule has 1 N–H and O–H groups in total. The van der Waals surface area contributed by atoms with Crippen LogP contribution < -0.4 is 4.72 Å². The number of nitrogens with one attached hydrogen (secondary N) is 1. The molecule has 1 aliphatic rings. The lowest BCUT2D eigenvalue weighted by Crippen LogP contribution is -2.45. The Hall–Kier alpha value is -2.87. The summed E-state index contributed by atoms with van der Waals surface area (Å²) in [6, 6.07) is 12.0. The highest BCUT2D eigenvalue weighted by atomic mass is 32.2. The van der Waals surface area contributed by atoms with Crippen LogP contribution in [0.4, 0.5) is 5.69 Å². The number of hydrogen-bond donors (Lipinski definition) is 1. The average molecular weight is 445 g/mol. The Balaban J connectivity index is 1.85. The zero-order chi connectivity index (χ0) is 22.9. The highest BCUT2D eigenvalue weighted by Gasteiger charge is 2.38. The van der Waals surface area contributed by atoms with E-state index >= 15 is 0 Å². The maximum absolute atomic E-state index is 13.1. The first-order chi connectivity index (χ1) is 14.5. The number of fused-ring (bicyclic) bond motifs is 1. The van der Waals surface area contributed by atoms with Crippen molar-refractivity contribution in [3.8, 4) is 11.1 Å². The number of benzene rings is 2. The first-order valence-electron chi connectivity index (χ1n) is 10.2. The van der Waals surface area contributed by atoms with Crippen molar-refractivity contribution in [1.82, 2.24) is 4.90 Å². The van der Waals surface area contributed by atoms with Crippen LogP contribution in [-0.2, 0) is 26.1 Å². The SMILES string of the molecule is COC(=O)C(C(C)C)N1Cc2ccc(-c3ccc(NS(=O)(=O)C(C)C)cc3)cc2C1=O. The van der Waals surface area contributed by atoms with Crippen molar-refractivity contribution in [2.75, 3.05) is 11.8 Å². The molecule has 166 valence electrons. The minimum absolute atomic E-state index is 0.0765. The van der Waals surface area contributed by atoms with Crippen LogP contribution in [0, 0.1) is 5.92 Å². The van der Waals surface area contributed by atoms with Crippen LogP contribution in [0.25, 0.3) is 11.1 Å². The van der Waals surface area contributed by atoms with Gasteiger partial charge in [0.1, 0.15) is 6.04 Å². The highest BCUT2D eigenvalue weighted by Crippen LogP contribution is 2.32. The second kappa shape index (κ2) is 8.70. The minimum Gasteiger partial charge on any atom is -0.467 e. The molecular formula is C23H28N2O5S. The van der Waals surface area contributed by atoms with Crippen LogP contribution in [0.5, 0.6) is 0 Å². The molecule has 7 nitrogen and oxygen atoms in total. The quantitative estimate of drug-likeness (QED) is 0.658. The van der Waals surface area contributed by atoms with Gasteiger partial charge in [-0.2, -0.15) is 0 Å². The molecular weight excluding hydrogens is 416 g/mol. The van der Waals surface area contributed by atoms with Gasteiger partial charge in [-0.15, -0.1) is 0 Å². The molecule has 8 heteroatoms. The van der Waals surface area contributed by atoms with Gasteiger partial charge in [0.25, 0.3) is 5.91 Å². The van der Waals surface area contributed by atoms with Gasteiger partial charge in [-0.05, 0) is 54.7 Å². The van der Waals surface area contributed by atoms with Crippen LogP contribution in [0.1, 0.15) is 43.6 Å². The second-order valence-electron chi connectivity index (χ2n) is 8.29. The van der Waals surface area contributed by atoms with E-state index in [-0.39, 0.29) is 11.8 Å². The van der Waals surface area contributed by atoms with E-state index in [1.54, 1.807) is 30.9 Å². The number of sulfonamides is 1. The Kier molecular flexibility index (Phi) is 6.40. The molecule has 0 saturated heterocycles. The summed E-state index contributed by atoms with van der Waals surface area (Å²) in [6.07, 6.45) is 0. The Morgan fingerprint density at radius 3 is 2.19 bits per heavy atom. The number of methoxy groups -OCH3 is 1. The highest BCUT2D eigenvalue weighted by molar-refractivity contribution is 7.93. The van der Waals surface area contributed by atoms with Gasteiger partial charge in [0.15, 0.2) is 0 Å². The lowest BCUT2D eigenvalue weighted by Gasteiger charge is -2.28. The Labute approximate surface area is 183 Å². The molecule has 0 aromatic heterocycles. The Morgan fingerprint density at radius 1 is 1.03 bits per heavy atom. The van der Waals surface area contributed by atoms with Gasteiger partial charge in [0.2, 0.25) is 10.0 Å². The van der Waals surface area contributed by atoms with Crippen LogP contribution in [0.2, 0.25) is 0 Å². The number of esters is 1. The third kappa shape index (κ3) is 4.58. The first kappa shape index (κ1) is 22.8. The van der Waals surface area contributed by atoms with Crippen molar-refractivity contribution < 1.29 is 22.7 Å². The molecule has 1 heterocycles. The fourth-order valence-electron chi connectivity index (χ4n) is 3.62. The lowest BCUT2D eigenvalue weighted by molar-refractivity contribution is -0.147. The van der Waals surface area contributed by atoms with Gasteiger partial charge in [-0.3, -0.25) is 9.52 Å². The van der Waals surface area contributed by atoms with E-state index in [1.807, 2.05) is 44.2 Å². The van der Waals surface area contributed by atoms with Crippen LogP contribution in [-0.4, -0.2) is 43.6 Å². The number of ether oxygens (including phenoxy) is 1. The first-order valence-corrected chi connectivity index (χ1v) is 11.7. The van der Waals surface area contributed by atoms with Gasteiger partial charge >= 0.3 is 5.97 Å². The molecule has 0 fully saturated rings. The molecule has 1 amide bonds. The maximum atomic E-state index is 13.1. The molecule has 1 atom stereocenters. The number of amides is 1. The van der Waals surface area contributed by atoms with E-state index in [0.717, 1.165) is 16.7 Å². The summed E-state index contributed by atoms with van der Waals surface area (Å²) in [4.78, 5) is 26.9. The average Bonchev–Trinajstić information content (AvgIpc) is 3.03. The monoisotopic (exact) mass is 444 g/mol. The standard InChI is InChI=1S/C23H28N2O5S/c1-14(2)21(23(27)30-5)25-13-18-7-6-17(12-20(18)22(25)26)16-8-10-19(11-9-16)24-31(28,29)15(3)4/h6-12,14-15,21,24H,13H2,1-5H3. The predicted octanol–water partition coefficient (Wildman–Crippen LogP) is 3.66. The van der Waals surface area contributed by atoms with Gasteiger partial charge < -0.3 is 9.64 Å².